The molecule has 0 nitrogen and oxygen atoms in total. The number of rotatable bonds is 56. The van der Waals surface area contributed by atoms with Crippen molar-refractivity contribution in [3.63, 3.8) is 0 Å². The normalized spacial score (nSPS) is 13.5. The molecule has 0 N–H and O–H groups in total. The van der Waals surface area contributed by atoms with Crippen molar-refractivity contribution < 1.29 is 0 Å². The van der Waals surface area contributed by atoms with Crippen LogP contribution in [0, 0.1) is 62.6 Å². The Hall–Kier alpha value is -0.260. The fourth-order valence-electron chi connectivity index (χ4n) is 14.1. The third-order valence-electron chi connectivity index (χ3n) is 20.0. The van der Waals surface area contributed by atoms with Crippen LogP contribution in [0.25, 0.3) is 0 Å². The van der Waals surface area contributed by atoms with E-state index in [2.05, 4.69) is 193 Å². The van der Waals surface area contributed by atoms with E-state index in [0.29, 0.717) is 27.1 Å². The number of hydrogen-bond acceptors (Lipinski definition) is 0. The number of allylic oxidation sites excluding steroid dienone is 2. The summed E-state index contributed by atoms with van der Waals surface area (Å²) < 4.78 is 0. The highest BCUT2D eigenvalue weighted by Crippen LogP contribution is 2.35. The zero-order valence-corrected chi connectivity index (χ0v) is 72.2. The molecule has 0 radical (unpaired) electrons. The molecule has 0 aromatic rings. The fraction of sp³-hybridized carbons (Fsp3) is 0.979. The van der Waals surface area contributed by atoms with E-state index in [0.717, 1.165) is 35.5 Å². The first-order chi connectivity index (χ1) is 44.1. The topological polar surface area (TPSA) is 0 Å². The molecule has 0 heterocycles. The lowest BCUT2D eigenvalue weighted by molar-refractivity contribution is 0.259. The van der Waals surface area contributed by atoms with Gasteiger partial charge in [-0.15, -0.1) is 0 Å². The van der Waals surface area contributed by atoms with Gasteiger partial charge in [0.25, 0.3) is 0 Å². The van der Waals surface area contributed by atoms with E-state index in [1.807, 2.05) is 0 Å². The Morgan fingerprint density at radius 1 is 0.234 bits per heavy atom. The molecular weight excluding hydrogens is 1130 g/mol. The van der Waals surface area contributed by atoms with Gasteiger partial charge in [0.15, 0.2) is 0 Å². The average molecular weight is 1330 g/mol. The second-order valence-electron chi connectivity index (χ2n) is 38.8. The lowest BCUT2D eigenvalue weighted by Crippen LogP contribution is -2.13. The van der Waals surface area contributed by atoms with Gasteiger partial charge in [-0.05, 0) is 121 Å². The Labute approximate surface area is 604 Å². The molecule has 0 aromatic carbocycles. The zero-order chi connectivity index (χ0) is 72.4. The maximum absolute atomic E-state index is 2.43. The van der Waals surface area contributed by atoms with E-state index in [-0.39, 0.29) is 0 Å². The summed E-state index contributed by atoms with van der Waals surface area (Å²) in [5, 5.41) is 0. The predicted molar refractivity (Wildman–Crippen MR) is 444 cm³/mol. The third kappa shape index (κ3) is 100. The van der Waals surface area contributed by atoms with Crippen molar-refractivity contribution in [2.75, 3.05) is 0 Å². The molecule has 0 aromatic heterocycles. The highest BCUT2D eigenvalue weighted by atomic mass is 14.3. The smallest absolute Gasteiger partial charge is 0.0346 e. The molecule has 0 saturated carbocycles. The Balaban J connectivity index is -0.000000357. The summed E-state index contributed by atoms with van der Waals surface area (Å²) in [6.45, 7) is 63.4. The molecule has 4 unspecified atom stereocenters. The van der Waals surface area contributed by atoms with Crippen molar-refractivity contribution in [3.8, 4) is 0 Å². The second-order valence-corrected chi connectivity index (χ2v) is 38.8. The monoisotopic (exact) mass is 1330 g/mol. The highest BCUT2D eigenvalue weighted by molar-refractivity contribution is 4.92. The molecule has 0 amide bonds. The standard InChI is InChI=1S/C24H50.C22H46.C20H42.C14H30.C14H28/c1-6-8-10-12-14-15-17-19-21-23(22-24(3,4)5)20-18-16-13-11-9-7-2;1-6-8-10-12-14-16-18-21(20-22(3,4)5)19-17-15-13-11-9-7-2;1-6-8-10-12-13-15-17-19(18-20(3,4)5)16-14-11-9-7-2;2*1-12(2)8-7-9-13(3)10-11-14(4,5)6/h23H,6-22H2,1-5H3;21H,6-20H2,1-5H3;19H,6-18H2,1-5H3;12-13H,7-11H2,1-6H3;8,13H,7,9-11H2,1-6H3. The van der Waals surface area contributed by atoms with Gasteiger partial charge < -0.3 is 0 Å². The van der Waals surface area contributed by atoms with Gasteiger partial charge in [0, 0.05) is 0 Å². The summed E-state index contributed by atoms with van der Waals surface area (Å²) in [4.78, 5) is 0. The van der Waals surface area contributed by atoms with Crippen LogP contribution in [0.4, 0.5) is 0 Å². The Bertz CT molecular complexity index is 1420. The van der Waals surface area contributed by atoms with Crippen LogP contribution < -0.4 is 0 Å². The summed E-state index contributed by atoms with van der Waals surface area (Å²) in [5.74, 6) is 5.63. The molecule has 0 aliphatic carbocycles. The lowest BCUT2D eigenvalue weighted by Gasteiger charge is -2.26. The molecule has 572 valence electrons. The minimum atomic E-state index is 0.505. The van der Waals surface area contributed by atoms with Crippen LogP contribution in [0.5, 0.6) is 0 Å². The van der Waals surface area contributed by atoms with Crippen LogP contribution in [0.3, 0.4) is 0 Å². The van der Waals surface area contributed by atoms with E-state index >= 15 is 0 Å². The van der Waals surface area contributed by atoms with E-state index in [9.17, 15) is 0 Å². The third-order valence-corrected chi connectivity index (χ3v) is 20.0. The molecule has 0 saturated heterocycles. The first kappa shape index (κ1) is 102. The van der Waals surface area contributed by atoms with E-state index in [1.54, 1.807) is 0 Å². The second kappa shape index (κ2) is 69.8. The Morgan fingerprint density at radius 3 is 0.649 bits per heavy atom. The minimum absolute atomic E-state index is 0.505. The molecular formula is C94H196. The van der Waals surface area contributed by atoms with Gasteiger partial charge in [-0.2, -0.15) is 0 Å². The van der Waals surface area contributed by atoms with Gasteiger partial charge in [-0.3, -0.25) is 0 Å². The van der Waals surface area contributed by atoms with Crippen molar-refractivity contribution in [3.05, 3.63) is 11.6 Å². The van der Waals surface area contributed by atoms with Crippen LogP contribution >= 0.6 is 0 Å². The molecule has 0 aliphatic rings. The lowest BCUT2D eigenvalue weighted by atomic mass is 9.80. The van der Waals surface area contributed by atoms with Gasteiger partial charge in [0.05, 0.1) is 0 Å². The van der Waals surface area contributed by atoms with Gasteiger partial charge in [-0.1, -0.05) is 487 Å². The Morgan fingerprint density at radius 2 is 0.447 bits per heavy atom. The predicted octanol–water partition coefficient (Wildman–Crippen LogP) is 36.1. The van der Waals surface area contributed by atoms with Crippen molar-refractivity contribution in [2.24, 2.45) is 62.6 Å². The van der Waals surface area contributed by atoms with Crippen LogP contribution in [0.15, 0.2) is 11.6 Å². The van der Waals surface area contributed by atoms with Gasteiger partial charge >= 0.3 is 0 Å². The highest BCUT2D eigenvalue weighted by Gasteiger charge is 2.21. The van der Waals surface area contributed by atoms with Crippen molar-refractivity contribution >= 4 is 0 Å². The van der Waals surface area contributed by atoms with Crippen molar-refractivity contribution in [1.29, 1.82) is 0 Å². The van der Waals surface area contributed by atoms with E-state index in [1.165, 1.54) is 352 Å². The quantitative estimate of drug-likeness (QED) is 0.0421. The SMILES string of the molecule is CC(C)=CCCC(C)CCC(C)(C)C.CC(C)CCCC(C)CCC(C)(C)C.CCCCCCCCC(CCCCCC)CC(C)(C)C.CCCCCCCCC(CCCCCCCC)CC(C)(C)C.CCCCCCCCCCC(CCCCCCCC)CC(C)(C)C. The molecule has 0 aliphatic heterocycles. The van der Waals surface area contributed by atoms with Crippen LogP contribution in [-0.2, 0) is 0 Å². The van der Waals surface area contributed by atoms with Gasteiger partial charge in [-0.25, -0.2) is 0 Å². The van der Waals surface area contributed by atoms with Gasteiger partial charge in [0.2, 0.25) is 0 Å². The van der Waals surface area contributed by atoms with Crippen molar-refractivity contribution in [1.82, 2.24) is 0 Å². The molecule has 0 rings (SSSR count). The van der Waals surface area contributed by atoms with Gasteiger partial charge in [0.1, 0.15) is 0 Å². The molecule has 4 atom stereocenters. The molecule has 94 heavy (non-hydrogen) atoms. The first-order valence-corrected chi connectivity index (χ1v) is 43.7. The Kier molecular flexibility index (Phi) is 76.0. The summed E-state index contributed by atoms with van der Waals surface area (Å²) in [6, 6.07) is 0. The van der Waals surface area contributed by atoms with Crippen LogP contribution in [0.2, 0.25) is 0 Å². The zero-order valence-electron chi connectivity index (χ0n) is 72.2. The average Bonchev–Trinajstić information content (AvgIpc) is 1.28. The number of hydrogen-bond donors (Lipinski definition) is 0. The number of unbranched alkanes of at least 4 members (excludes halogenated alkanes) is 30. The maximum atomic E-state index is 2.43. The molecule has 0 spiro atoms. The largest absolute Gasteiger partial charge is 0.0859 e. The summed E-state index contributed by atoms with van der Waals surface area (Å²) in [5.41, 5.74) is 4.00. The van der Waals surface area contributed by atoms with E-state index < -0.39 is 0 Å². The summed E-state index contributed by atoms with van der Waals surface area (Å²) in [6.07, 6.45) is 79.9. The molecule has 0 bridgehead atoms. The maximum Gasteiger partial charge on any atom is -0.0346 e. The molecule has 0 fully saturated rings. The van der Waals surface area contributed by atoms with Crippen molar-refractivity contribution in [2.45, 2.75) is 534 Å². The molecule has 0 heteroatoms. The van der Waals surface area contributed by atoms with Crippen LogP contribution in [0.1, 0.15) is 534 Å². The summed E-state index contributed by atoms with van der Waals surface area (Å²) >= 11 is 0. The minimum Gasteiger partial charge on any atom is -0.0859 e. The van der Waals surface area contributed by atoms with E-state index in [4.69, 9.17) is 0 Å². The van der Waals surface area contributed by atoms with Crippen LogP contribution in [-0.4, -0.2) is 0 Å². The first-order valence-electron chi connectivity index (χ1n) is 43.7. The fourth-order valence-corrected chi connectivity index (χ4v) is 14.1. The summed E-state index contributed by atoms with van der Waals surface area (Å²) in [7, 11) is 0.